The smallest absolute Gasteiger partial charge is 0.333 e. The maximum absolute atomic E-state index is 11.1. The zero-order valence-corrected chi connectivity index (χ0v) is 11.0. The molecule has 100 valence electrons. The summed E-state index contributed by atoms with van der Waals surface area (Å²) in [5.74, 6) is 0.467. The minimum atomic E-state index is -0.387. The zero-order chi connectivity index (χ0) is 13.8. The summed E-state index contributed by atoms with van der Waals surface area (Å²) in [6.45, 7) is 4.68. The van der Waals surface area contributed by atoms with Crippen molar-refractivity contribution in [2.24, 2.45) is 0 Å². The zero-order valence-electron chi connectivity index (χ0n) is 11.0. The molecule has 0 aliphatic heterocycles. The largest absolute Gasteiger partial charge is 0.360 e. The van der Waals surface area contributed by atoms with Crippen LogP contribution in [0.4, 0.5) is 11.5 Å². The highest BCUT2D eigenvalue weighted by Gasteiger charge is 2.24. The highest BCUT2D eigenvalue weighted by molar-refractivity contribution is 5.59. The standard InChI is InChI=1S/C13H16N4O2/c1-3-16-13(12(17(18)19)10(2)15-16)14-9-11-7-5-4-6-8-11/h4-8,14H,3,9H2,1-2H3. The van der Waals surface area contributed by atoms with Crippen LogP contribution in [0.1, 0.15) is 18.2 Å². The van der Waals surface area contributed by atoms with Crippen LogP contribution in [0.3, 0.4) is 0 Å². The first-order valence-corrected chi connectivity index (χ1v) is 6.13. The van der Waals surface area contributed by atoms with E-state index in [4.69, 9.17) is 0 Å². The van der Waals surface area contributed by atoms with Crippen LogP contribution in [0.15, 0.2) is 30.3 Å². The van der Waals surface area contributed by atoms with Crippen molar-refractivity contribution in [3.8, 4) is 0 Å². The number of aryl methyl sites for hydroxylation is 2. The first-order valence-electron chi connectivity index (χ1n) is 6.13. The minimum Gasteiger partial charge on any atom is -0.360 e. The van der Waals surface area contributed by atoms with Crippen molar-refractivity contribution >= 4 is 11.5 Å². The number of benzene rings is 1. The Bertz CT molecular complexity index is 578. The lowest BCUT2D eigenvalue weighted by atomic mass is 10.2. The normalized spacial score (nSPS) is 10.4. The Balaban J connectivity index is 2.26. The molecule has 2 rings (SSSR count). The molecule has 6 heteroatoms. The molecule has 0 bridgehead atoms. The molecule has 1 heterocycles. The molecule has 0 saturated heterocycles. The van der Waals surface area contributed by atoms with Gasteiger partial charge in [-0.15, -0.1) is 0 Å². The van der Waals surface area contributed by atoms with E-state index in [2.05, 4.69) is 10.4 Å². The van der Waals surface area contributed by atoms with E-state index in [9.17, 15) is 10.1 Å². The van der Waals surface area contributed by atoms with Crippen molar-refractivity contribution in [3.05, 3.63) is 51.7 Å². The minimum absolute atomic E-state index is 0.0535. The summed E-state index contributed by atoms with van der Waals surface area (Å²) in [6, 6.07) is 9.75. The Morgan fingerprint density at radius 2 is 2.05 bits per heavy atom. The van der Waals surface area contributed by atoms with Crippen LogP contribution in [0, 0.1) is 17.0 Å². The quantitative estimate of drug-likeness (QED) is 0.662. The number of anilines is 1. The number of nitrogens with one attached hydrogen (secondary N) is 1. The van der Waals surface area contributed by atoms with E-state index in [0.29, 0.717) is 24.6 Å². The van der Waals surface area contributed by atoms with Crippen LogP contribution < -0.4 is 5.32 Å². The summed E-state index contributed by atoms with van der Waals surface area (Å²) >= 11 is 0. The van der Waals surface area contributed by atoms with Crippen molar-refractivity contribution in [1.29, 1.82) is 0 Å². The first kappa shape index (κ1) is 13.1. The van der Waals surface area contributed by atoms with Crippen molar-refractivity contribution < 1.29 is 4.92 Å². The summed E-state index contributed by atoms with van der Waals surface area (Å²) in [4.78, 5) is 10.7. The summed E-state index contributed by atoms with van der Waals surface area (Å²) in [5.41, 5.74) is 1.55. The topological polar surface area (TPSA) is 73.0 Å². The van der Waals surface area contributed by atoms with E-state index in [1.54, 1.807) is 11.6 Å². The van der Waals surface area contributed by atoms with E-state index >= 15 is 0 Å². The summed E-state index contributed by atoms with van der Waals surface area (Å²) in [7, 11) is 0. The molecule has 0 radical (unpaired) electrons. The molecule has 0 aliphatic rings. The van der Waals surface area contributed by atoms with Crippen molar-refractivity contribution in [2.75, 3.05) is 5.32 Å². The average molecular weight is 260 g/mol. The van der Waals surface area contributed by atoms with Gasteiger partial charge in [-0.3, -0.25) is 10.1 Å². The highest BCUT2D eigenvalue weighted by Crippen LogP contribution is 2.28. The second kappa shape index (κ2) is 5.51. The van der Waals surface area contributed by atoms with Gasteiger partial charge in [-0.1, -0.05) is 30.3 Å². The number of nitrogens with zero attached hydrogens (tertiary/aromatic N) is 3. The van der Waals surface area contributed by atoms with Crippen molar-refractivity contribution in [2.45, 2.75) is 26.9 Å². The Morgan fingerprint density at radius 1 is 1.37 bits per heavy atom. The molecule has 2 aromatic rings. The third kappa shape index (κ3) is 2.73. The second-order valence-corrected chi connectivity index (χ2v) is 4.19. The molecule has 19 heavy (non-hydrogen) atoms. The lowest BCUT2D eigenvalue weighted by Crippen LogP contribution is -2.08. The van der Waals surface area contributed by atoms with Crippen molar-refractivity contribution in [3.63, 3.8) is 0 Å². The van der Waals surface area contributed by atoms with Crippen molar-refractivity contribution in [1.82, 2.24) is 9.78 Å². The third-order valence-electron chi connectivity index (χ3n) is 2.88. The van der Waals surface area contributed by atoms with Crippen LogP contribution in [0.5, 0.6) is 0 Å². The number of nitro groups is 1. The van der Waals surface area contributed by atoms with E-state index < -0.39 is 0 Å². The van der Waals surface area contributed by atoms with Gasteiger partial charge in [0.05, 0.1) is 4.92 Å². The van der Waals surface area contributed by atoms with Gasteiger partial charge < -0.3 is 5.32 Å². The van der Waals surface area contributed by atoms with Gasteiger partial charge >= 0.3 is 5.69 Å². The predicted molar refractivity (Wildman–Crippen MR) is 73.1 cm³/mol. The Kier molecular flexibility index (Phi) is 3.79. The molecule has 1 aromatic heterocycles. The van der Waals surface area contributed by atoms with E-state index in [1.807, 2.05) is 37.3 Å². The van der Waals surface area contributed by atoms with Crippen LogP contribution >= 0.6 is 0 Å². The molecule has 0 fully saturated rings. The third-order valence-corrected chi connectivity index (χ3v) is 2.88. The van der Waals surface area contributed by atoms with Gasteiger partial charge in [0.1, 0.15) is 5.69 Å². The molecular formula is C13H16N4O2. The van der Waals surface area contributed by atoms with E-state index in [-0.39, 0.29) is 10.6 Å². The molecule has 0 atom stereocenters. The fraction of sp³-hybridized carbons (Fsp3) is 0.308. The van der Waals surface area contributed by atoms with Gasteiger partial charge in [-0.05, 0) is 19.4 Å². The number of hydrogen-bond acceptors (Lipinski definition) is 4. The number of rotatable bonds is 5. The van der Waals surface area contributed by atoms with E-state index in [1.165, 1.54) is 0 Å². The van der Waals surface area contributed by atoms with Crippen LogP contribution in [-0.4, -0.2) is 14.7 Å². The SMILES string of the molecule is CCn1nc(C)c([N+](=O)[O-])c1NCc1ccccc1. The van der Waals surface area contributed by atoms with Gasteiger partial charge in [-0.25, -0.2) is 4.68 Å². The van der Waals surface area contributed by atoms with Gasteiger partial charge in [0.15, 0.2) is 0 Å². The number of hydrogen-bond donors (Lipinski definition) is 1. The van der Waals surface area contributed by atoms with Crippen LogP contribution in [0.25, 0.3) is 0 Å². The molecule has 0 amide bonds. The average Bonchev–Trinajstić information content (AvgIpc) is 2.73. The van der Waals surface area contributed by atoms with Gasteiger partial charge in [-0.2, -0.15) is 5.10 Å². The second-order valence-electron chi connectivity index (χ2n) is 4.19. The molecule has 0 unspecified atom stereocenters. The summed E-state index contributed by atoms with van der Waals surface area (Å²) in [5, 5.41) is 18.4. The Morgan fingerprint density at radius 3 is 2.63 bits per heavy atom. The highest BCUT2D eigenvalue weighted by atomic mass is 16.6. The molecule has 0 aliphatic carbocycles. The fourth-order valence-electron chi connectivity index (χ4n) is 1.98. The van der Waals surface area contributed by atoms with Crippen LogP contribution in [0.2, 0.25) is 0 Å². The summed E-state index contributed by atoms with van der Waals surface area (Å²) < 4.78 is 1.62. The molecule has 1 aromatic carbocycles. The lowest BCUT2D eigenvalue weighted by molar-refractivity contribution is -0.384. The maximum atomic E-state index is 11.1. The molecule has 6 nitrogen and oxygen atoms in total. The molecular weight excluding hydrogens is 244 g/mol. The van der Waals surface area contributed by atoms with Gasteiger partial charge in [0, 0.05) is 13.1 Å². The van der Waals surface area contributed by atoms with Crippen LogP contribution in [-0.2, 0) is 13.1 Å². The number of aromatic nitrogens is 2. The maximum Gasteiger partial charge on any atom is 0.333 e. The molecule has 1 N–H and O–H groups in total. The first-order chi connectivity index (χ1) is 9.13. The van der Waals surface area contributed by atoms with Gasteiger partial charge in [0.2, 0.25) is 5.82 Å². The molecule has 0 saturated carbocycles. The Labute approximate surface area is 111 Å². The Hall–Kier alpha value is -2.37. The predicted octanol–water partition coefficient (Wildman–Crippen LogP) is 2.73. The van der Waals surface area contributed by atoms with E-state index in [0.717, 1.165) is 5.56 Å². The lowest BCUT2D eigenvalue weighted by Gasteiger charge is -2.07. The fourth-order valence-corrected chi connectivity index (χ4v) is 1.98. The monoisotopic (exact) mass is 260 g/mol. The summed E-state index contributed by atoms with van der Waals surface area (Å²) in [6.07, 6.45) is 0. The van der Waals surface area contributed by atoms with Gasteiger partial charge in [0.25, 0.3) is 0 Å². The molecule has 0 spiro atoms.